The first kappa shape index (κ1) is 18.4. The highest BCUT2D eigenvalue weighted by molar-refractivity contribution is 6.08. The van der Waals surface area contributed by atoms with E-state index in [9.17, 15) is 14.4 Å². The summed E-state index contributed by atoms with van der Waals surface area (Å²) in [6.45, 7) is 2.85. The van der Waals surface area contributed by atoms with Crippen molar-refractivity contribution in [1.82, 2.24) is 20.7 Å². The van der Waals surface area contributed by atoms with Gasteiger partial charge < -0.3 is 5.32 Å². The Bertz CT molecular complexity index is 683. The highest BCUT2D eigenvalue weighted by atomic mass is 16.2. The van der Waals surface area contributed by atoms with Gasteiger partial charge in [0.25, 0.3) is 11.8 Å². The summed E-state index contributed by atoms with van der Waals surface area (Å²) >= 11 is 0. The zero-order valence-electron chi connectivity index (χ0n) is 15.3. The molecule has 2 fully saturated rings. The molecule has 1 aliphatic heterocycles. The van der Waals surface area contributed by atoms with E-state index in [2.05, 4.69) is 17.7 Å². The maximum Gasteiger partial charge on any atom is 0.344 e. The monoisotopic (exact) mass is 358 g/mol. The van der Waals surface area contributed by atoms with Crippen LogP contribution in [0.15, 0.2) is 30.3 Å². The van der Waals surface area contributed by atoms with Crippen molar-refractivity contribution in [1.29, 1.82) is 0 Å². The topological polar surface area (TPSA) is 81.8 Å². The molecule has 2 N–H and O–H groups in total. The number of carbonyl (C=O) groups excluding carboxylic acids is 3. The van der Waals surface area contributed by atoms with Crippen molar-refractivity contribution in [3.63, 3.8) is 0 Å². The van der Waals surface area contributed by atoms with Crippen molar-refractivity contribution in [3.8, 4) is 0 Å². The minimum atomic E-state index is -0.840. The van der Waals surface area contributed by atoms with Gasteiger partial charge in [0.15, 0.2) is 0 Å². The van der Waals surface area contributed by atoms with Crippen LogP contribution in [0.3, 0.4) is 0 Å². The molecule has 4 amide bonds. The van der Waals surface area contributed by atoms with Crippen LogP contribution < -0.4 is 10.7 Å². The van der Waals surface area contributed by atoms with Gasteiger partial charge in [-0.15, -0.1) is 0 Å². The quantitative estimate of drug-likeness (QED) is 0.784. The molecule has 7 nitrogen and oxygen atoms in total. The number of nitrogens with zero attached hydrogens (tertiary/aromatic N) is 2. The predicted molar refractivity (Wildman–Crippen MR) is 96.7 cm³/mol. The highest BCUT2D eigenvalue weighted by Gasteiger charge is 2.52. The molecule has 0 bridgehead atoms. The van der Waals surface area contributed by atoms with Crippen LogP contribution in [0.25, 0.3) is 0 Å². The fourth-order valence-corrected chi connectivity index (χ4v) is 3.67. The molecule has 1 aliphatic carbocycles. The predicted octanol–water partition coefficient (Wildman–Crippen LogP) is 1.65. The number of likely N-dealkylation sites (N-methyl/N-ethyl adjacent to an activating group) is 1. The molecule has 7 heteroatoms. The number of imide groups is 1. The van der Waals surface area contributed by atoms with Gasteiger partial charge in [0.05, 0.1) is 6.54 Å². The number of benzene rings is 1. The molecular formula is C19H26N4O3. The number of hydrogen-bond donors (Lipinski definition) is 2. The molecular weight excluding hydrogens is 332 g/mol. The lowest BCUT2D eigenvalue weighted by Gasteiger charge is -2.33. The van der Waals surface area contributed by atoms with Gasteiger partial charge in [0.2, 0.25) is 0 Å². The number of carbonyl (C=O) groups is 3. The normalized spacial score (nSPS) is 25.7. The molecule has 26 heavy (non-hydrogen) atoms. The number of urea groups is 1. The van der Waals surface area contributed by atoms with Crippen LogP contribution in [-0.2, 0) is 16.1 Å². The lowest BCUT2D eigenvalue weighted by Crippen LogP contribution is -2.52. The van der Waals surface area contributed by atoms with E-state index in [4.69, 9.17) is 0 Å². The van der Waals surface area contributed by atoms with Crippen molar-refractivity contribution >= 4 is 17.8 Å². The summed E-state index contributed by atoms with van der Waals surface area (Å²) in [4.78, 5) is 39.1. The van der Waals surface area contributed by atoms with Crippen LogP contribution in [0.5, 0.6) is 0 Å². The van der Waals surface area contributed by atoms with E-state index in [-0.39, 0.29) is 18.4 Å². The molecule has 1 aromatic carbocycles. The lowest BCUT2D eigenvalue weighted by molar-refractivity contribution is -0.140. The van der Waals surface area contributed by atoms with Crippen molar-refractivity contribution in [2.45, 2.75) is 44.7 Å². The van der Waals surface area contributed by atoms with E-state index in [0.29, 0.717) is 25.3 Å². The zero-order valence-corrected chi connectivity index (χ0v) is 15.3. The van der Waals surface area contributed by atoms with E-state index in [0.717, 1.165) is 23.4 Å². The average Bonchev–Trinajstić information content (AvgIpc) is 2.83. The third kappa shape index (κ3) is 3.88. The Labute approximate surface area is 153 Å². The first-order chi connectivity index (χ1) is 12.4. The molecule has 140 valence electrons. The number of rotatable bonds is 5. The van der Waals surface area contributed by atoms with Gasteiger partial charge in [-0.2, -0.15) is 5.01 Å². The Balaban J connectivity index is 1.55. The number of nitrogens with one attached hydrogen (secondary N) is 2. The molecule has 0 aromatic heterocycles. The van der Waals surface area contributed by atoms with Gasteiger partial charge in [-0.1, -0.05) is 37.3 Å². The van der Waals surface area contributed by atoms with Crippen LogP contribution >= 0.6 is 0 Å². The van der Waals surface area contributed by atoms with Gasteiger partial charge in [-0.05, 0) is 44.2 Å². The van der Waals surface area contributed by atoms with Crippen LogP contribution in [0.2, 0.25) is 0 Å². The molecule has 0 unspecified atom stereocenters. The Morgan fingerprint density at radius 3 is 2.58 bits per heavy atom. The summed E-state index contributed by atoms with van der Waals surface area (Å²) in [6.07, 6.45) is 3.04. The van der Waals surface area contributed by atoms with E-state index in [1.807, 2.05) is 42.3 Å². The molecule has 1 spiro atoms. The largest absolute Gasteiger partial charge is 0.344 e. The summed E-state index contributed by atoms with van der Waals surface area (Å²) in [6, 6.07) is 9.26. The first-order valence-electron chi connectivity index (χ1n) is 9.08. The highest BCUT2D eigenvalue weighted by Crippen LogP contribution is 2.35. The second kappa shape index (κ2) is 7.45. The zero-order chi connectivity index (χ0) is 18.7. The Morgan fingerprint density at radius 1 is 1.27 bits per heavy atom. The smallest absolute Gasteiger partial charge is 0.322 e. The van der Waals surface area contributed by atoms with Gasteiger partial charge in [0.1, 0.15) is 5.54 Å². The maximum atomic E-state index is 12.7. The molecule has 0 atom stereocenters. The summed E-state index contributed by atoms with van der Waals surface area (Å²) in [5.74, 6) is -0.165. The summed E-state index contributed by atoms with van der Waals surface area (Å²) in [5, 5.41) is 3.65. The lowest BCUT2D eigenvalue weighted by atomic mass is 9.77. The van der Waals surface area contributed by atoms with Gasteiger partial charge in [-0.25, -0.2) is 4.79 Å². The van der Waals surface area contributed by atoms with E-state index in [1.165, 1.54) is 0 Å². The van der Waals surface area contributed by atoms with E-state index < -0.39 is 11.6 Å². The van der Waals surface area contributed by atoms with Crippen molar-refractivity contribution < 1.29 is 14.4 Å². The molecule has 1 heterocycles. The fourth-order valence-electron chi connectivity index (χ4n) is 3.67. The molecule has 1 aromatic rings. The third-order valence-corrected chi connectivity index (χ3v) is 5.23. The van der Waals surface area contributed by atoms with Gasteiger partial charge in [0, 0.05) is 6.54 Å². The van der Waals surface area contributed by atoms with Crippen LogP contribution in [0.1, 0.15) is 38.2 Å². The Kier molecular flexibility index (Phi) is 5.27. The second-order valence-electron chi connectivity index (χ2n) is 7.53. The minimum Gasteiger partial charge on any atom is -0.322 e. The number of hydrogen-bond acceptors (Lipinski definition) is 4. The molecule has 1 saturated heterocycles. The van der Waals surface area contributed by atoms with Gasteiger partial charge in [-0.3, -0.25) is 19.9 Å². The summed E-state index contributed by atoms with van der Waals surface area (Å²) < 4.78 is 0. The van der Waals surface area contributed by atoms with Crippen molar-refractivity contribution in [3.05, 3.63) is 35.9 Å². The van der Waals surface area contributed by atoms with E-state index >= 15 is 0 Å². The van der Waals surface area contributed by atoms with Crippen molar-refractivity contribution in [2.75, 3.05) is 13.6 Å². The summed E-state index contributed by atoms with van der Waals surface area (Å²) in [5.41, 5.74) is 2.72. The molecule has 0 radical (unpaired) electrons. The maximum absolute atomic E-state index is 12.7. The Morgan fingerprint density at radius 2 is 1.92 bits per heavy atom. The number of amides is 4. The minimum absolute atomic E-state index is 0.0932. The summed E-state index contributed by atoms with van der Waals surface area (Å²) in [7, 11) is 1.82. The molecule has 3 rings (SSSR count). The van der Waals surface area contributed by atoms with Crippen LogP contribution in [0.4, 0.5) is 4.79 Å². The SMILES string of the molecule is CC1CCC2(CC1)NC(=O)N(NC(=O)CN(C)Cc1ccccc1)C2=O. The van der Waals surface area contributed by atoms with Crippen LogP contribution in [0, 0.1) is 5.92 Å². The standard InChI is InChI=1S/C19H26N4O3/c1-14-8-10-19(11-9-14)17(25)23(18(26)20-19)21-16(24)13-22(2)12-15-6-4-3-5-7-15/h3-7,14H,8-13H2,1-2H3,(H,20,26)(H,21,24). The van der Waals surface area contributed by atoms with Crippen LogP contribution in [-0.4, -0.2) is 46.9 Å². The Hall–Kier alpha value is -2.41. The third-order valence-electron chi connectivity index (χ3n) is 5.23. The molecule has 1 saturated carbocycles. The van der Waals surface area contributed by atoms with E-state index in [1.54, 1.807) is 0 Å². The fraction of sp³-hybridized carbons (Fsp3) is 0.526. The van der Waals surface area contributed by atoms with Crippen molar-refractivity contribution in [2.24, 2.45) is 5.92 Å². The average molecular weight is 358 g/mol. The van der Waals surface area contributed by atoms with Gasteiger partial charge >= 0.3 is 6.03 Å². The first-order valence-corrected chi connectivity index (χ1v) is 9.08. The molecule has 2 aliphatic rings. The second-order valence-corrected chi connectivity index (χ2v) is 7.53. The number of hydrazine groups is 1.